The van der Waals surface area contributed by atoms with Crippen molar-refractivity contribution in [1.29, 1.82) is 0 Å². The summed E-state index contributed by atoms with van der Waals surface area (Å²) in [6, 6.07) is 1.81. The molecule has 0 fully saturated rings. The second-order valence-corrected chi connectivity index (χ2v) is 4.48. The topological polar surface area (TPSA) is 77.2 Å². The van der Waals surface area contributed by atoms with E-state index in [-0.39, 0.29) is 17.4 Å². The predicted molar refractivity (Wildman–Crippen MR) is 68.6 cm³/mol. The number of aromatic nitrogens is 3. The largest absolute Gasteiger partial charge is 0.477 e. The second kappa shape index (κ2) is 5.09. The maximum Gasteiger partial charge on any atom is 0.341 e. The summed E-state index contributed by atoms with van der Waals surface area (Å²) < 4.78 is 7.32. The molecule has 0 aliphatic heterocycles. The molecule has 0 saturated heterocycles. The lowest BCUT2D eigenvalue weighted by molar-refractivity contribution is 0.0693. The van der Waals surface area contributed by atoms with Crippen molar-refractivity contribution in [3.63, 3.8) is 0 Å². The minimum Gasteiger partial charge on any atom is -0.477 e. The van der Waals surface area contributed by atoms with Gasteiger partial charge in [-0.3, -0.25) is 9.67 Å². The van der Waals surface area contributed by atoms with Gasteiger partial charge in [0.05, 0.1) is 12.4 Å². The van der Waals surface area contributed by atoms with E-state index >= 15 is 0 Å². The highest BCUT2D eigenvalue weighted by atomic mass is 16.5. The van der Waals surface area contributed by atoms with Gasteiger partial charge in [0, 0.05) is 24.0 Å². The monoisotopic (exact) mass is 261 g/mol. The zero-order valence-corrected chi connectivity index (χ0v) is 11.0. The molecular weight excluding hydrogens is 246 g/mol. The second-order valence-electron chi connectivity index (χ2n) is 4.48. The van der Waals surface area contributed by atoms with Crippen molar-refractivity contribution in [2.45, 2.75) is 26.8 Å². The number of aryl methyl sites for hydroxylation is 1. The van der Waals surface area contributed by atoms with E-state index in [2.05, 4.69) is 10.1 Å². The van der Waals surface area contributed by atoms with Crippen LogP contribution in [0.3, 0.4) is 0 Å². The number of carboxylic acids is 1. The van der Waals surface area contributed by atoms with Crippen molar-refractivity contribution in [1.82, 2.24) is 14.8 Å². The first-order valence-electron chi connectivity index (χ1n) is 5.89. The fourth-order valence-corrected chi connectivity index (χ4v) is 1.56. The van der Waals surface area contributed by atoms with E-state index in [0.29, 0.717) is 11.4 Å². The molecule has 6 heteroatoms. The van der Waals surface area contributed by atoms with Gasteiger partial charge in [0.2, 0.25) is 0 Å². The van der Waals surface area contributed by atoms with Gasteiger partial charge in [0.25, 0.3) is 0 Å². The van der Waals surface area contributed by atoms with E-state index in [4.69, 9.17) is 9.84 Å². The summed E-state index contributed by atoms with van der Waals surface area (Å²) in [6.45, 7) is 5.77. The van der Waals surface area contributed by atoms with E-state index in [1.165, 1.54) is 6.20 Å². The highest BCUT2D eigenvalue weighted by Gasteiger charge is 2.14. The van der Waals surface area contributed by atoms with Crippen molar-refractivity contribution in [3.8, 4) is 11.5 Å². The van der Waals surface area contributed by atoms with Crippen LogP contribution in [0, 0.1) is 6.92 Å². The minimum absolute atomic E-state index is 0.0305. The summed E-state index contributed by atoms with van der Waals surface area (Å²) in [5.74, 6) is -0.302. The first-order valence-corrected chi connectivity index (χ1v) is 5.89. The van der Waals surface area contributed by atoms with Crippen LogP contribution in [-0.2, 0) is 0 Å². The molecule has 0 atom stereocenters. The van der Waals surface area contributed by atoms with E-state index in [0.717, 1.165) is 0 Å². The summed E-state index contributed by atoms with van der Waals surface area (Å²) in [5.41, 5.74) is 0.721. The van der Waals surface area contributed by atoms with Crippen molar-refractivity contribution >= 4 is 5.97 Å². The maximum absolute atomic E-state index is 11.1. The number of carbonyl (C=O) groups is 1. The molecule has 2 heterocycles. The molecule has 0 saturated carbocycles. The van der Waals surface area contributed by atoms with Crippen LogP contribution >= 0.6 is 0 Å². The number of pyridine rings is 1. The van der Waals surface area contributed by atoms with E-state index in [1.807, 2.05) is 13.8 Å². The quantitative estimate of drug-likeness (QED) is 0.915. The number of carboxylic acid groups (broad SMARTS) is 1. The number of aromatic carboxylic acids is 1. The van der Waals surface area contributed by atoms with Crippen LogP contribution in [0.25, 0.3) is 0 Å². The van der Waals surface area contributed by atoms with Crippen molar-refractivity contribution in [2.75, 3.05) is 0 Å². The molecule has 0 aromatic carbocycles. The van der Waals surface area contributed by atoms with E-state index in [1.54, 1.807) is 30.1 Å². The summed E-state index contributed by atoms with van der Waals surface area (Å²) in [7, 11) is 0. The molecule has 0 unspecified atom stereocenters. The molecule has 6 nitrogen and oxygen atoms in total. The van der Waals surface area contributed by atoms with Gasteiger partial charge in [0.1, 0.15) is 11.3 Å². The average Bonchev–Trinajstić information content (AvgIpc) is 2.77. The first-order chi connectivity index (χ1) is 8.97. The van der Waals surface area contributed by atoms with Crippen molar-refractivity contribution in [3.05, 3.63) is 35.9 Å². The highest BCUT2D eigenvalue weighted by molar-refractivity contribution is 5.90. The van der Waals surface area contributed by atoms with Gasteiger partial charge in [0.15, 0.2) is 5.75 Å². The standard InChI is InChI=1S/C13H15N3O3/c1-8(2)16-7-10(5-15-16)19-12-4-9(3)14-6-11(12)13(17)18/h4-8H,1-3H3,(H,17,18). The molecule has 0 aliphatic carbocycles. The van der Waals surface area contributed by atoms with Crippen LogP contribution in [-0.4, -0.2) is 25.8 Å². The Morgan fingerprint density at radius 2 is 2.16 bits per heavy atom. The normalized spacial score (nSPS) is 10.7. The fourth-order valence-electron chi connectivity index (χ4n) is 1.56. The number of hydrogen-bond acceptors (Lipinski definition) is 4. The van der Waals surface area contributed by atoms with Crippen LogP contribution in [0.15, 0.2) is 24.7 Å². The molecule has 100 valence electrons. The Kier molecular flexibility index (Phi) is 3.50. The summed E-state index contributed by atoms with van der Waals surface area (Å²) in [6.07, 6.45) is 4.58. The van der Waals surface area contributed by atoms with Gasteiger partial charge in [-0.05, 0) is 20.8 Å². The zero-order chi connectivity index (χ0) is 14.0. The number of rotatable bonds is 4. The molecule has 0 bridgehead atoms. The van der Waals surface area contributed by atoms with E-state index < -0.39 is 5.97 Å². The lowest BCUT2D eigenvalue weighted by Gasteiger charge is -2.07. The average molecular weight is 261 g/mol. The Balaban J connectivity index is 2.31. The highest BCUT2D eigenvalue weighted by Crippen LogP contribution is 2.25. The lowest BCUT2D eigenvalue weighted by atomic mass is 10.2. The number of hydrogen-bond donors (Lipinski definition) is 1. The smallest absolute Gasteiger partial charge is 0.341 e. The molecule has 0 radical (unpaired) electrons. The molecule has 2 aromatic heterocycles. The maximum atomic E-state index is 11.1. The summed E-state index contributed by atoms with van der Waals surface area (Å²) in [4.78, 5) is 15.1. The molecule has 0 spiro atoms. The van der Waals surface area contributed by atoms with Crippen LogP contribution in [0.4, 0.5) is 0 Å². The molecule has 19 heavy (non-hydrogen) atoms. The predicted octanol–water partition coefficient (Wildman–Crippen LogP) is 2.66. The number of nitrogens with zero attached hydrogens (tertiary/aromatic N) is 3. The summed E-state index contributed by atoms with van der Waals surface area (Å²) in [5, 5.41) is 13.2. The third-order valence-electron chi connectivity index (χ3n) is 2.57. The van der Waals surface area contributed by atoms with Gasteiger partial charge in [-0.15, -0.1) is 0 Å². The van der Waals surface area contributed by atoms with Crippen LogP contribution in [0.5, 0.6) is 11.5 Å². The Hall–Kier alpha value is -2.37. The third kappa shape index (κ3) is 2.90. The lowest BCUT2D eigenvalue weighted by Crippen LogP contribution is -2.02. The van der Waals surface area contributed by atoms with Crippen LogP contribution < -0.4 is 4.74 Å². The van der Waals surface area contributed by atoms with Gasteiger partial charge in [-0.1, -0.05) is 0 Å². The molecule has 2 aromatic rings. The Labute approximate surface area is 110 Å². The van der Waals surface area contributed by atoms with Gasteiger partial charge >= 0.3 is 5.97 Å². The summed E-state index contributed by atoms with van der Waals surface area (Å²) >= 11 is 0. The zero-order valence-electron chi connectivity index (χ0n) is 11.0. The van der Waals surface area contributed by atoms with Crippen molar-refractivity contribution in [2.24, 2.45) is 0 Å². The Morgan fingerprint density at radius 1 is 1.42 bits per heavy atom. The molecular formula is C13H15N3O3. The van der Waals surface area contributed by atoms with Gasteiger partial charge in [-0.2, -0.15) is 5.10 Å². The van der Waals surface area contributed by atoms with Gasteiger partial charge < -0.3 is 9.84 Å². The number of ether oxygens (including phenoxy) is 1. The molecule has 1 N–H and O–H groups in total. The molecule has 0 amide bonds. The molecule has 2 rings (SSSR count). The van der Waals surface area contributed by atoms with Crippen LogP contribution in [0.1, 0.15) is 35.9 Å². The fraction of sp³-hybridized carbons (Fsp3) is 0.308. The minimum atomic E-state index is -1.07. The Morgan fingerprint density at radius 3 is 2.74 bits per heavy atom. The van der Waals surface area contributed by atoms with Crippen LogP contribution in [0.2, 0.25) is 0 Å². The van der Waals surface area contributed by atoms with E-state index in [9.17, 15) is 4.79 Å². The molecule has 0 aliphatic rings. The Bertz CT molecular complexity index is 605. The van der Waals surface area contributed by atoms with Crippen molar-refractivity contribution < 1.29 is 14.6 Å². The first kappa shape index (κ1) is 13.1. The third-order valence-corrected chi connectivity index (χ3v) is 2.57. The van der Waals surface area contributed by atoms with Gasteiger partial charge in [-0.25, -0.2) is 4.79 Å². The SMILES string of the molecule is Cc1cc(Oc2cnn(C(C)C)c2)c(C(=O)O)cn1.